The van der Waals surface area contributed by atoms with Crippen LogP contribution in [0.4, 0.5) is 5.69 Å². The van der Waals surface area contributed by atoms with Crippen LogP contribution in [0.2, 0.25) is 0 Å². The molecular weight excluding hydrogens is 434 g/mol. The van der Waals surface area contributed by atoms with Gasteiger partial charge in [0.25, 0.3) is 5.91 Å². The molecule has 2 aromatic carbocycles. The molecule has 5 heteroatoms. The second-order valence-corrected chi connectivity index (χ2v) is 7.20. The van der Waals surface area contributed by atoms with Gasteiger partial charge in [-0.2, -0.15) is 0 Å². The van der Waals surface area contributed by atoms with Gasteiger partial charge in [-0.15, -0.1) is 0 Å². The lowest BCUT2D eigenvalue weighted by Gasteiger charge is -2.11. The molecule has 0 spiro atoms. The van der Waals surface area contributed by atoms with E-state index in [9.17, 15) is 4.79 Å². The number of nitrogens with one attached hydrogen (secondary N) is 1. The largest absolute Gasteiger partial charge is 0.492 e. The highest BCUT2D eigenvalue weighted by Gasteiger charge is 2.11. The average Bonchev–Trinajstić information content (AvgIpc) is 2.58. The number of hydrogen-bond acceptors (Lipinski definition) is 2. The molecule has 3 nitrogen and oxygen atoms in total. The quantitative estimate of drug-likeness (QED) is 0.467. The Morgan fingerprint density at radius 1 is 1.04 bits per heavy atom. The molecule has 1 N–H and O–H groups in total. The third-order valence-electron chi connectivity index (χ3n) is 3.57. The standard InChI is InChI=1S/C19H21Br2NO2/c1-2-3-4-7-12-24-18-11-10-14(13-16(18)21)19(23)22-17-9-6-5-8-15(17)20/h5-6,8-11,13H,2-4,7,12H2,1H3,(H,22,23). The van der Waals surface area contributed by atoms with E-state index in [1.807, 2.05) is 30.3 Å². The SMILES string of the molecule is CCCCCCOc1ccc(C(=O)Nc2ccccc2Br)cc1Br. The smallest absolute Gasteiger partial charge is 0.255 e. The number of carbonyl (C=O) groups is 1. The van der Waals surface area contributed by atoms with Crippen molar-refractivity contribution < 1.29 is 9.53 Å². The Morgan fingerprint density at radius 2 is 1.83 bits per heavy atom. The van der Waals surface area contributed by atoms with Crippen LogP contribution < -0.4 is 10.1 Å². The number of anilines is 1. The van der Waals surface area contributed by atoms with Crippen molar-refractivity contribution in [2.75, 3.05) is 11.9 Å². The number of benzene rings is 2. The fourth-order valence-corrected chi connectivity index (χ4v) is 3.10. The van der Waals surface area contributed by atoms with Crippen LogP contribution in [0.15, 0.2) is 51.4 Å². The minimum absolute atomic E-state index is 0.155. The number of amides is 1. The average molecular weight is 455 g/mol. The summed E-state index contributed by atoms with van der Waals surface area (Å²) in [6, 6.07) is 12.9. The maximum atomic E-state index is 12.4. The monoisotopic (exact) mass is 453 g/mol. The van der Waals surface area contributed by atoms with Gasteiger partial charge in [-0.1, -0.05) is 38.3 Å². The summed E-state index contributed by atoms with van der Waals surface area (Å²) in [7, 11) is 0. The van der Waals surface area contributed by atoms with Crippen LogP contribution in [0.5, 0.6) is 5.75 Å². The summed E-state index contributed by atoms with van der Waals surface area (Å²) in [5.74, 6) is 0.612. The first-order valence-electron chi connectivity index (χ1n) is 8.10. The maximum absolute atomic E-state index is 12.4. The summed E-state index contributed by atoms with van der Waals surface area (Å²) < 4.78 is 7.41. The molecule has 1 amide bonds. The summed E-state index contributed by atoms with van der Waals surface area (Å²) in [5, 5.41) is 2.89. The van der Waals surface area contributed by atoms with Crippen molar-refractivity contribution in [2.24, 2.45) is 0 Å². The van der Waals surface area contributed by atoms with Crippen molar-refractivity contribution in [3.63, 3.8) is 0 Å². The predicted octanol–water partition coefficient (Wildman–Crippen LogP) is 6.42. The fourth-order valence-electron chi connectivity index (χ4n) is 2.23. The number of hydrogen-bond donors (Lipinski definition) is 1. The zero-order valence-corrected chi connectivity index (χ0v) is 16.8. The molecule has 0 aromatic heterocycles. The number of unbranched alkanes of at least 4 members (excludes halogenated alkanes) is 3. The topological polar surface area (TPSA) is 38.3 Å². The van der Waals surface area contributed by atoms with Crippen molar-refractivity contribution in [3.05, 3.63) is 57.0 Å². The Hall–Kier alpha value is -1.33. The Labute approximate surface area is 160 Å². The van der Waals surface area contributed by atoms with Crippen molar-refractivity contribution in [3.8, 4) is 5.75 Å². The predicted molar refractivity (Wildman–Crippen MR) is 106 cm³/mol. The first-order valence-corrected chi connectivity index (χ1v) is 9.68. The first kappa shape index (κ1) is 19.0. The molecule has 0 aliphatic carbocycles. The van der Waals surface area contributed by atoms with Crippen molar-refractivity contribution in [1.29, 1.82) is 0 Å². The zero-order valence-electron chi connectivity index (χ0n) is 13.6. The lowest BCUT2D eigenvalue weighted by atomic mass is 10.2. The Kier molecular flexibility index (Phi) is 7.79. The Balaban J connectivity index is 1.96. The van der Waals surface area contributed by atoms with Crippen LogP contribution in [-0.4, -0.2) is 12.5 Å². The van der Waals surface area contributed by atoms with Crippen LogP contribution in [0, 0.1) is 0 Å². The molecule has 2 aromatic rings. The highest BCUT2D eigenvalue weighted by atomic mass is 79.9. The van der Waals surface area contributed by atoms with Crippen molar-refractivity contribution in [2.45, 2.75) is 32.6 Å². The maximum Gasteiger partial charge on any atom is 0.255 e. The lowest BCUT2D eigenvalue weighted by molar-refractivity contribution is 0.102. The molecule has 0 saturated heterocycles. The second-order valence-electron chi connectivity index (χ2n) is 5.49. The Bertz CT molecular complexity index is 689. The molecule has 24 heavy (non-hydrogen) atoms. The highest BCUT2D eigenvalue weighted by molar-refractivity contribution is 9.11. The van der Waals surface area contributed by atoms with E-state index in [-0.39, 0.29) is 5.91 Å². The lowest BCUT2D eigenvalue weighted by Crippen LogP contribution is -2.12. The molecule has 0 atom stereocenters. The van der Waals surface area contributed by atoms with Crippen LogP contribution in [0.25, 0.3) is 0 Å². The van der Waals surface area contributed by atoms with E-state index >= 15 is 0 Å². The minimum Gasteiger partial charge on any atom is -0.492 e. The number of ether oxygens (including phenoxy) is 1. The molecule has 0 aliphatic heterocycles. The van der Waals surface area contributed by atoms with E-state index in [2.05, 4.69) is 44.1 Å². The van der Waals surface area contributed by atoms with Gasteiger partial charge < -0.3 is 10.1 Å². The molecule has 0 heterocycles. The summed E-state index contributed by atoms with van der Waals surface area (Å²) in [4.78, 5) is 12.4. The van der Waals surface area contributed by atoms with Gasteiger partial charge in [-0.05, 0) is 68.6 Å². The minimum atomic E-state index is -0.155. The molecule has 128 valence electrons. The molecule has 0 bridgehead atoms. The van der Waals surface area contributed by atoms with Gasteiger partial charge in [-0.3, -0.25) is 4.79 Å². The van der Waals surface area contributed by atoms with Gasteiger partial charge in [-0.25, -0.2) is 0 Å². The number of rotatable bonds is 8. The third-order valence-corrected chi connectivity index (χ3v) is 4.88. The van der Waals surface area contributed by atoms with Gasteiger partial charge in [0.05, 0.1) is 16.8 Å². The molecule has 0 fully saturated rings. The van der Waals surface area contributed by atoms with E-state index in [1.165, 1.54) is 19.3 Å². The molecular formula is C19H21Br2NO2. The van der Waals surface area contributed by atoms with E-state index in [0.29, 0.717) is 12.2 Å². The van der Waals surface area contributed by atoms with Crippen LogP contribution >= 0.6 is 31.9 Å². The second kappa shape index (κ2) is 9.84. The third kappa shape index (κ3) is 5.64. The van der Waals surface area contributed by atoms with E-state index in [1.54, 1.807) is 12.1 Å². The summed E-state index contributed by atoms with van der Waals surface area (Å²) in [5.41, 5.74) is 1.32. The van der Waals surface area contributed by atoms with Gasteiger partial charge in [0.2, 0.25) is 0 Å². The van der Waals surface area contributed by atoms with Crippen LogP contribution in [-0.2, 0) is 0 Å². The van der Waals surface area contributed by atoms with E-state index < -0.39 is 0 Å². The first-order chi connectivity index (χ1) is 11.6. The molecule has 0 radical (unpaired) electrons. The van der Waals surface area contributed by atoms with Gasteiger partial charge in [0, 0.05) is 10.0 Å². The summed E-state index contributed by atoms with van der Waals surface area (Å²) >= 11 is 6.91. The highest BCUT2D eigenvalue weighted by Crippen LogP contribution is 2.27. The van der Waals surface area contributed by atoms with Gasteiger partial charge in [0.15, 0.2) is 0 Å². The molecule has 0 unspecified atom stereocenters. The number of halogens is 2. The molecule has 0 saturated carbocycles. The number of para-hydroxylation sites is 1. The summed E-state index contributed by atoms with van der Waals surface area (Å²) in [6.45, 7) is 2.89. The van der Waals surface area contributed by atoms with Gasteiger partial charge in [0.1, 0.15) is 5.75 Å². The van der Waals surface area contributed by atoms with Crippen molar-refractivity contribution in [1.82, 2.24) is 0 Å². The fraction of sp³-hybridized carbons (Fsp3) is 0.316. The van der Waals surface area contributed by atoms with Crippen LogP contribution in [0.3, 0.4) is 0 Å². The molecule has 2 rings (SSSR count). The van der Waals surface area contributed by atoms with Gasteiger partial charge >= 0.3 is 0 Å². The Morgan fingerprint density at radius 3 is 2.54 bits per heavy atom. The van der Waals surface area contributed by atoms with E-state index in [4.69, 9.17) is 4.74 Å². The molecule has 0 aliphatic rings. The van der Waals surface area contributed by atoms with Crippen LogP contribution in [0.1, 0.15) is 43.0 Å². The van der Waals surface area contributed by atoms with Crippen molar-refractivity contribution >= 4 is 43.5 Å². The normalized spacial score (nSPS) is 10.5. The number of carbonyl (C=O) groups excluding carboxylic acids is 1. The summed E-state index contributed by atoms with van der Waals surface area (Å²) in [6.07, 6.45) is 4.68. The van der Waals surface area contributed by atoms with E-state index in [0.717, 1.165) is 26.8 Å². The zero-order chi connectivity index (χ0) is 17.4.